The van der Waals surface area contributed by atoms with E-state index in [9.17, 15) is 25.5 Å². The summed E-state index contributed by atoms with van der Waals surface area (Å²) in [5.41, 5.74) is 4.85. The molecule has 0 spiro atoms. The highest BCUT2D eigenvalue weighted by Crippen LogP contribution is 2.32. The van der Waals surface area contributed by atoms with Crippen LogP contribution in [-0.4, -0.2) is 49.9 Å². The lowest BCUT2D eigenvalue weighted by Gasteiger charge is -2.27. The normalized spacial score (nSPS) is 26.5. The van der Waals surface area contributed by atoms with Gasteiger partial charge in [0, 0.05) is 42.4 Å². The molecule has 2 aliphatic rings. The average molecular weight is 366 g/mol. The van der Waals surface area contributed by atoms with Gasteiger partial charge in [-0.15, -0.1) is 0 Å². The second-order valence-corrected chi connectivity index (χ2v) is 7.37. The van der Waals surface area contributed by atoms with E-state index in [0.717, 1.165) is 22.3 Å². The number of hydrogen-bond acceptors (Lipinski definition) is 5. The molecule has 5 N–H and O–H groups in total. The van der Waals surface area contributed by atoms with Crippen LogP contribution in [0.15, 0.2) is 30.3 Å². The molecule has 27 heavy (non-hydrogen) atoms. The first-order valence-electron chi connectivity index (χ1n) is 9.12. The number of fused-ring (bicyclic) bond motifs is 2. The fourth-order valence-corrected chi connectivity index (χ4v) is 3.97. The van der Waals surface area contributed by atoms with Crippen molar-refractivity contribution in [3.8, 4) is 17.6 Å². The van der Waals surface area contributed by atoms with Gasteiger partial charge in [-0.25, -0.2) is 0 Å². The molecule has 2 aromatic carbocycles. The highest BCUT2D eigenvalue weighted by Gasteiger charge is 2.29. The summed E-state index contributed by atoms with van der Waals surface area (Å²) in [6.07, 6.45) is -2.10. The molecule has 0 radical (unpaired) electrons. The largest absolute Gasteiger partial charge is 0.508 e. The van der Waals surface area contributed by atoms with E-state index < -0.39 is 24.4 Å². The Balaban J connectivity index is 1.73. The van der Waals surface area contributed by atoms with Crippen molar-refractivity contribution in [3.63, 3.8) is 0 Å². The van der Waals surface area contributed by atoms with Gasteiger partial charge in [-0.05, 0) is 34.9 Å². The maximum absolute atomic E-state index is 10.1. The Labute approximate surface area is 157 Å². The van der Waals surface area contributed by atoms with Gasteiger partial charge in [-0.3, -0.25) is 0 Å². The molecule has 0 aromatic heterocycles. The van der Waals surface area contributed by atoms with E-state index in [1.807, 2.05) is 18.2 Å². The van der Waals surface area contributed by atoms with Crippen LogP contribution in [0.1, 0.15) is 33.4 Å². The summed E-state index contributed by atoms with van der Waals surface area (Å²) in [5.74, 6) is 6.39. The van der Waals surface area contributed by atoms with Gasteiger partial charge >= 0.3 is 0 Å². The van der Waals surface area contributed by atoms with Gasteiger partial charge in [0.1, 0.15) is 5.75 Å². The smallest absolute Gasteiger partial charge is 0.119 e. The molecule has 2 aliphatic carbocycles. The lowest BCUT2D eigenvalue weighted by Crippen LogP contribution is -2.35. The van der Waals surface area contributed by atoms with E-state index in [1.165, 1.54) is 0 Å². The minimum Gasteiger partial charge on any atom is -0.508 e. The van der Waals surface area contributed by atoms with Gasteiger partial charge in [-0.2, -0.15) is 0 Å². The highest BCUT2D eigenvalue weighted by molar-refractivity contribution is 5.56. The fourth-order valence-electron chi connectivity index (χ4n) is 3.97. The van der Waals surface area contributed by atoms with Gasteiger partial charge in [0.05, 0.1) is 24.4 Å². The molecule has 0 heterocycles. The quantitative estimate of drug-likeness (QED) is 0.436. The Bertz CT molecular complexity index is 940. The molecule has 4 rings (SSSR count). The average Bonchev–Trinajstić information content (AvgIpc) is 2.64. The van der Waals surface area contributed by atoms with Crippen LogP contribution in [0.4, 0.5) is 0 Å². The van der Waals surface area contributed by atoms with Crippen LogP contribution in [0.5, 0.6) is 5.75 Å². The van der Waals surface area contributed by atoms with Crippen molar-refractivity contribution in [2.24, 2.45) is 0 Å². The minimum absolute atomic E-state index is 0.107. The van der Waals surface area contributed by atoms with Crippen LogP contribution in [0.25, 0.3) is 0 Å². The van der Waals surface area contributed by atoms with E-state index in [0.29, 0.717) is 24.0 Å². The lowest BCUT2D eigenvalue weighted by molar-refractivity contribution is 0.0136. The summed E-state index contributed by atoms with van der Waals surface area (Å²) in [4.78, 5) is 0. The van der Waals surface area contributed by atoms with Crippen molar-refractivity contribution in [2.45, 2.75) is 50.1 Å². The number of benzene rings is 2. The topological polar surface area (TPSA) is 101 Å². The number of aliphatic hydroxyl groups excluding tert-OH is 4. The van der Waals surface area contributed by atoms with Crippen molar-refractivity contribution in [3.05, 3.63) is 63.7 Å². The summed E-state index contributed by atoms with van der Waals surface area (Å²) in [7, 11) is 0. The third-order valence-electron chi connectivity index (χ3n) is 5.57. The van der Waals surface area contributed by atoms with Crippen molar-refractivity contribution < 1.29 is 25.5 Å². The van der Waals surface area contributed by atoms with E-state index in [-0.39, 0.29) is 18.6 Å². The lowest BCUT2D eigenvalue weighted by atomic mass is 9.83. The molecule has 0 saturated carbocycles. The molecule has 5 nitrogen and oxygen atoms in total. The van der Waals surface area contributed by atoms with Crippen LogP contribution < -0.4 is 0 Å². The number of aliphatic hydroxyl groups is 4. The van der Waals surface area contributed by atoms with Gasteiger partial charge in [0.15, 0.2) is 0 Å². The first kappa shape index (κ1) is 18.0. The van der Waals surface area contributed by atoms with Crippen molar-refractivity contribution in [1.29, 1.82) is 0 Å². The number of phenols is 1. The third-order valence-corrected chi connectivity index (χ3v) is 5.57. The summed E-state index contributed by atoms with van der Waals surface area (Å²) >= 11 is 0. The maximum atomic E-state index is 10.1. The number of phenolic OH excluding ortho intramolecular Hbond substituents is 1. The molecular weight excluding hydrogens is 344 g/mol. The maximum Gasteiger partial charge on any atom is 0.119 e. The third kappa shape index (κ3) is 3.33. The Morgan fingerprint density at radius 3 is 1.89 bits per heavy atom. The number of hydrogen-bond donors (Lipinski definition) is 5. The van der Waals surface area contributed by atoms with Crippen LogP contribution >= 0.6 is 0 Å². The second-order valence-electron chi connectivity index (χ2n) is 7.37. The molecule has 0 amide bonds. The predicted molar refractivity (Wildman–Crippen MR) is 99.4 cm³/mol. The Morgan fingerprint density at radius 2 is 1.19 bits per heavy atom. The Kier molecular flexibility index (Phi) is 4.67. The zero-order chi connectivity index (χ0) is 19.1. The molecule has 0 fully saturated rings. The molecule has 0 unspecified atom stereocenters. The predicted octanol–water partition coefficient (Wildman–Crippen LogP) is 0.433. The number of aromatic hydroxyl groups is 1. The van der Waals surface area contributed by atoms with E-state index in [1.54, 1.807) is 12.1 Å². The zero-order valence-electron chi connectivity index (χ0n) is 14.8. The summed E-state index contributed by atoms with van der Waals surface area (Å²) in [6, 6.07) is 9.00. The number of rotatable bonds is 0. The Morgan fingerprint density at radius 1 is 0.630 bits per heavy atom. The van der Waals surface area contributed by atoms with Crippen LogP contribution in [0.3, 0.4) is 0 Å². The SMILES string of the molecule is Oc1ccc(C#Cc2cccc3c2C[C@@H](O)[C@@H](O)C3)c2c1C[C@H](O)[C@H](O)C2. The molecule has 0 aliphatic heterocycles. The standard InChI is InChI=1S/C22H22O5/c23-18-7-6-13(16-10-21(26)22(27)11-17(16)18)5-4-12-2-1-3-14-8-19(24)20(25)9-15(12)14/h1-3,6-7,19-27H,8-11H2/t19-,20+,21+,22-/m0/s1. The van der Waals surface area contributed by atoms with Gasteiger partial charge < -0.3 is 25.5 Å². The molecule has 4 atom stereocenters. The van der Waals surface area contributed by atoms with Crippen LogP contribution in [-0.2, 0) is 25.7 Å². The second kappa shape index (κ2) is 6.99. The van der Waals surface area contributed by atoms with E-state index in [2.05, 4.69) is 11.8 Å². The molecule has 2 aromatic rings. The fraction of sp³-hybridized carbons (Fsp3) is 0.364. The van der Waals surface area contributed by atoms with Gasteiger partial charge in [-0.1, -0.05) is 24.0 Å². The Hall–Kier alpha value is -2.36. The first-order chi connectivity index (χ1) is 12.9. The summed E-state index contributed by atoms with van der Waals surface area (Å²) in [5, 5.41) is 49.9. The zero-order valence-corrected chi connectivity index (χ0v) is 14.8. The molecule has 5 heteroatoms. The van der Waals surface area contributed by atoms with Crippen molar-refractivity contribution in [1.82, 2.24) is 0 Å². The minimum atomic E-state index is -0.888. The van der Waals surface area contributed by atoms with Crippen LogP contribution in [0, 0.1) is 11.8 Å². The summed E-state index contributed by atoms with van der Waals surface area (Å²) < 4.78 is 0. The monoisotopic (exact) mass is 366 g/mol. The van der Waals surface area contributed by atoms with E-state index in [4.69, 9.17) is 0 Å². The molecule has 0 saturated heterocycles. The van der Waals surface area contributed by atoms with Gasteiger partial charge in [0.25, 0.3) is 0 Å². The molecule has 140 valence electrons. The summed E-state index contributed by atoms with van der Waals surface area (Å²) in [6.45, 7) is 0. The van der Waals surface area contributed by atoms with Crippen LogP contribution in [0.2, 0.25) is 0 Å². The molecular formula is C22H22O5. The van der Waals surface area contributed by atoms with E-state index >= 15 is 0 Å². The highest BCUT2D eigenvalue weighted by atomic mass is 16.3. The molecule has 0 bridgehead atoms. The first-order valence-corrected chi connectivity index (χ1v) is 9.12. The van der Waals surface area contributed by atoms with Crippen molar-refractivity contribution in [2.75, 3.05) is 0 Å². The van der Waals surface area contributed by atoms with Crippen molar-refractivity contribution >= 4 is 0 Å². The van der Waals surface area contributed by atoms with Gasteiger partial charge in [0.2, 0.25) is 0 Å².